The fraction of sp³-hybridized carbons (Fsp3) is 0.615. The first-order chi connectivity index (χ1) is 9.58. The van der Waals surface area contributed by atoms with Crippen LogP contribution in [0.1, 0.15) is 47.0 Å². The molecule has 2 unspecified atom stereocenters. The highest BCUT2D eigenvalue weighted by Crippen LogP contribution is 2.45. The Morgan fingerprint density at radius 1 is 1.35 bits per heavy atom. The second kappa shape index (κ2) is 5.44. The van der Waals surface area contributed by atoms with E-state index in [1.807, 2.05) is 0 Å². The van der Waals surface area contributed by atoms with Gasteiger partial charge in [-0.2, -0.15) is 0 Å². The highest BCUT2D eigenvalue weighted by Gasteiger charge is 2.39. The molecule has 1 aliphatic carbocycles. The molecule has 0 radical (unpaired) electrons. The summed E-state index contributed by atoms with van der Waals surface area (Å²) in [5.41, 5.74) is 7.94. The summed E-state index contributed by atoms with van der Waals surface area (Å²) in [6.45, 7) is 0. The molecule has 0 aromatic carbocycles. The van der Waals surface area contributed by atoms with Gasteiger partial charge in [0.15, 0.2) is 0 Å². The molecule has 2 atom stereocenters. The van der Waals surface area contributed by atoms with Gasteiger partial charge in [0.05, 0.1) is 21.7 Å². The van der Waals surface area contributed by atoms with Gasteiger partial charge in [0, 0.05) is 5.56 Å². The normalized spacial score (nSPS) is 32.9. The van der Waals surface area contributed by atoms with E-state index in [4.69, 9.17) is 10.8 Å². The summed E-state index contributed by atoms with van der Waals surface area (Å²) in [6.07, 6.45) is 4.85. The maximum atomic E-state index is 11.0. The summed E-state index contributed by atoms with van der Waals surface area (Å²) >= 11 is 2.31. The van der Waals surface area contributed by atoms with Gasteiger partial charge in [-0.25, -0.2) is 9.97 Å². The predicted octanol–water partition coefficient (Wildman–Crippen LogP) is 2.03. The second-order valence-corrected chi connectivity index (χ2v) is 6.76. The van der Waals surface area contributed by atoms with Crippen molar-refractivity contribution in [2.45, 2.75) is 35.8 Å². The minimum atomic E-state index is -0.665. The van der Waals surface area contributed by atoms with Crippen molar-refractivity contribution in [3.63, 3.8) is 0 Å². The number of nitrogen functional groups attached to an aromatic ring is 1. The van der Waals surface area contributed by atoms with Crippen LogP contribution < -0.4 is 11.1 Å². The Kier molecular flexibility index (Phi) is 3.80. The fourth-order valence-corrected chi connectivity index (χ4v) is 4.34. The number of carbonyl (C=O) groups is 1. The van der Waals surface area contributed by atoms with Crippen molar-refractivity contribution in [2.75, 3.05) is 5.73 Å². The van der Waals surface area contributed by atoms with Crippen LogP contribution in [-0.2, 0) is 4.79 Å². The molecule has 0 amide bonds. The minimum Gasteiger partial charge on any atom is -0.481 e. The van der Waals surface area contributed by atoms with Crippen LogP contribution in [0.15, 0.2) is 6.33 Å². The number of hydrogen-bond acceptors (Lipinski definition) is 5. The quantitative estimate of drug-likeness (QED) is 0.407. The Balaban J connectivity index is 1.78. The molecule has 2 heterocycles. The monoisotopic (exact) mass is 388 g/mol. The third-order valence-electron chi connectivity index (χ3n) is 4.41. The van der Waals surface area contributed by atoms with Gasteiger partial charge in [-0.1, -0.05) is 22.6 Å². The van der Waals surface area contributed by atoms with E-state index in [0.717, 1.165) is 36.9 Å². The van der Waals surface area contributed by atoms with Gasteiger partial charge in [0.1, 0.15) is 12.1 Å². The molecule has 2 aliphatic rings. The lowest BCUT2D eigenvalue weighted by molar-refractivity contribution is -0.143. The van der Waals surface area contributed by atoms with Crippen LogP contribution >= 0.6 is 22.6 Å². The van der Waals surface area contributed by atoms with Gasteiger partial charge in [0.25, 0.3) is 0 Å². The number of rotatable bonds is 2. The summed E-state index contributed by atoms with van der Waals surface area (Å²) in [4.78, 5) is 19.5. The molecule has 6 nitrogen and oxygen atoms in total. The van der Waals surface area contributed by atoms with Crippen LogP contribution in [0.4, 0.5) is 5.82 Å². The molecule has 3 rings (SSSR count). The van der Waals surface area contributed by atoms with Gasteiger partial charge < -0.3 is 10.8 Å². The topological polar surface area (TPSA) is 101 Å². The zero-order valence-corrected chi connectivity index (χ0v) is 13.1. The molecule has 108 valence electrons. The number of aromatic nitrogens is 2. The van der Waals surface area contributed by atoms with Crippen molar-refractivity contribution in [3.05, 3.63) is 17.6 Å². The molecule has 20 heavy (non-hydrogen) atoms. The highest BCUT2D eigenvalue weighted by atomic mass is 127. The number of nitrogens with one attached hydrogen (secondary N) is 1. The zero-order valence-electron chi connectivity index (χ0n) is 10.9. The number of hydrogen-bond donors (Lipinski definition) is 3. The lowest BCUT2D eigenvalue weighted by Crippen LogP contribution is -2.29. The van der Waals surface area contributed by atoms with Crippen LogP contribution in [0.25, 0.3) is 0 Å². The molecule has 4 N–H and O–H groups in total. The molecular weight excluding hydrogens is 371 g/mol. The van der Waals surface area contributed by atoms with E-state index < -0.39 is 5.97 Å². The Bertz CT molecular complexity index is 531. The van der Waals surface area contributed by atoms with Crippen LogP contribution in [0.3, 0.4) is 0 Å². The van der Waals surface area contributed by atoms with E-state index >= 15 is 0 Å². The van der Waals surface area contributed by atoms with Crippen molar-refractivity contribution in [1.82, 2.24) is 15.3 Å². The first-order valence-electron chi connectivity index (χ1n) is 6.81. The minimum absolute atomic E-state index is 0.131. The molecule has 1 aromatic rings. The first-order valence-corrected chi connectivity index (χ1v) is 8.05. The van der Waals surface area contributed by atoms with Crippen LogP contribution in [-0.4, -0.2) is 21.0 Å². The molecule has 7 heteroatoms. The largest absolute Gasteiger partial charge is 0.481 e. The second-order valence-electron chi connectivity index (χ2n) is 5.51. The maximum absolute atomic E-state index is 11.0. The summed E-state index contributed by atoms with van der Waals surface area (Å²) in [5, 5.41) is 12.6. The molecule has 1 saturated carbocycles. The Hall–Kier alpha value is -0.960. The summed E-state index contributed by atoms with van der Waals surface area (Å²) < 4.78 is 0.131. The lowest BCUT2D eigenvalue weighted by atomic mass is 9.78. The predicted molar refractivity (Wildman–Crippen MR) is 82.2 cm³/mol. The lowest BCUT2D eigenvalue weighted by Gasteiger charge is -2.30. The van der Waals surface area contributed by atoms with E-state index in [9.17, 15) is 4.79 Å². The number of carboxylic acid groups (broad SMARTS) is 1. The molecule has 0 bridgehead atoms. The van der Waals surface area contributed by atoms with Crippen molar-refractivity contribution in [3.8, 4) is 0 Å². The van der Waals surface area contributed by atoms with Gasteiger partial charge in [-0.15, -0.1) is 0 Å². The zero-order chi connectivity index (χ0) is 14.3. The van der Waals surface area contributed by atoms with Crippen molar-refractivity contribution >= 4 is 34.4 Å². The fourth-order valence-electron chi connectivity index (χ4n) is 3.31. The Labute approximate surface area is 130 Å². The summed E-state index contributed by atoms with van der Waals surface area (Å²) in [7, 11) is 0. The molecule has 1 aliphatic heterocycles. The number of fused-ring (bicyclic) bond motifs is 1. The molecule has 1 aromatic heterocycles. The highest BCUT2D eigenvalue weighted by molar-refractivity contribution is 14.1. The number of nitrogens with two attached hydrogens (primary N) is 1. The van der Waals surface area contributed by atoms with Crippen LogP contribution in [0, 0.1) is 11.8 Å². The van der Waals surface area contributed by atoms with Gasteiger partial charge in [-0.05, 0) is 31.6 Å². The van der Waals surface area contributed by atoms with E-state index in [1.54, 1.807) is 0 Å². The van der Waals surface area contributed by atoms with E-state index in [0.29, 0.717) is 11.7 Å². The smallest absolute Gasteiger partial charge is 0.306 e. The third kappa shape index (κ3) is 2.37. The number of anilines is 1. The number of halogens is 1. The SMILES string of the molecule is Nc1ncnc2c1C(I)NC2C1CCC(C(=O)O)CC1. The van der Waals surface area contributed by atoms with Crippen LogP contribution in [0.2, 0.25) is 0 Å². The summed E-state index contributed by atoms with van der Waals surface area (Å²) in [5.74, 6) is 0.126. The van der Waals surface area contributed by atoms with Crippen LogP contribution in [0.5, 0.6) is 0 Å². The number of aliphatic carboxylic acids is 1. The first kappa shape index (κ1) is 14.0. The third-order valence-corrected chi connectivity index (χ3v) is 5.39. The average Bonchev–Trinajstić information content (AvgIpc) is 2.77. The molecule has 0 saturated heterocycles. The van der Waals surface area contributed by atoms with E-state index in [-0.39, 0.29) is 16.0 Å². The maximum Gasteiger partial charge on any atom is 0.306 e. The molecule has 1 fully saturated rings. The number of alkyl halides is 1. The van der Waals surface area contributed by atoms with Crippen molar-refractivity contribution in [1.29, 1.82) is 0 Å². The molecule has 0 spiro atoms. The Morgan fingerprint density at radius 2 is 2.05 bits per heavy atom. The van der Waals surface area contributed by atoms with E-state index in [1.165, 1.54) is 6.33 Å². The van der Waals surface area contributed by atoms with Crippen molar-refractivity contribution in [2.24, 2.45) is 11.8 Å². The Morgan fingerprint density at radius 3 is 2.70 bits per heavy atom. The number of nitrogens with zero attached hydrogens (tertiary/aromatic N) is 2. The summed E-state index contributed by atoms with van der Waals surface area (Å²) in [6, 6.07) is 0.173. The molecular formula is C13H17IN4O2. The van der Waals surface area contributed by atoms with Gasteiger partial charge in [0.2, 0.25) is 0 Å². The standard InChI is InChI=1S/C13H17IN4O2/c14-11-8-10(16-5-17-12(8)15)9(18-11)6-1-3-7(4-2-6)13(19)20/h5-7,9,11,18H,1-4H2,(H,19,20)(H2,15,16,17). The number of carboxylic acids is 1. The van der Waals surface area contributed by atoms with Gasteiger partial charge >= 0.3 is 5.97 Å². The average molecular weight is 388 g/mol. The van der Waals surface area contributed by atoms with E-state index in [2.05, 4.69) is 37.9 Å². The van der Waals surface area contributed by atoms with Crippen molar-refractivity contribution < 1.29 is 9.90 Å². The van der Waals surface area contributed by atoms with Gasteiger partial charge in [-0.3, -0.25) is 10.1 Å².